The standard InChI is InChI=1S/C71H127NO13/c1-3-5-7-9-11-13-15-17-19-21-22-23-24-25-26-27-28-29-30-31-32-33-34-35-36-37-38-39-41-43-45-47-49-51-53-55-63(76)72-59(60(75)54-52-50-48-46-44-42-40-20-18-16-14-12-10-8-6-4-2)58-82-70-68(81)66(79)69(62(57-74)84-70)85-71-67(80)65(78)64(77)61(56-73)83-71/h15,17-18,20-22,24-25,44,46,52,54,59-62,64-71,73-75,77-81H,3-14,16,19,23,26-43,45,47-51,53,55-58H2,1-2H3,(H,72,76)/b17-15-,20-18+,22-21-,25-24-,46-44+,54-52+. The molecule has 9 N–H and O–H groups in total. The van der Waals surface area contributed by atoms with E-state index < -0.39 is 86.8 Å². The molecule has 2 aliphatic rings. The molecule has 0 aromatic rings. The molecule has 1 amide bonds. The van der Waals surface area contributed by atoms with Gasteiger partial charge in [0.05, 0.1) is 32.0 Å². The second-order valence-corrected chi connectivity index (χ2v) is 24.3. The maximum absolute atomic E-state index is 13.3. The van der Waals surface area contributed by atoms with Gasteiger partial charge in [0.25, 0.3) is 0 Å². The molecule has 2 aliphatic heterocycles. The minimum Gasteiger partial charge on any atom is -0.394 e. The molecule has 14 heteroatoms. The molecule has 0 bridgehead atoms. The Morgan fingerprint density at radius 2 is 0.788 bits per heavy atom. The zero-order chi connectivity index (χ0) is 61.6. The second-order valence-electron chi connectivity index (χ2n) is 24.3. The molecule has 12 atom stereocenters. The van der Waals surface area contributed by atoms with E-state index in [-0.39, 0.29) is 18.9 Å². The van der Waals surface area contributed by atoms with E-state index in [1.165, 1.54) is 186 Å². The van der Waals surface area contributed by atoms with E-state index in [2.05, 4.69) is 79.9 Å². The molecule has 0 aromatic heterocycles. The Morgan fingerprint density at radius 1 is 0.424 bits per heavy atom. The van der Waals surface area contributed by atoms with Crippen LogP contribution in [0.3, 0.4) is 0 Å². The number of allylic oxidation sites excluding steroid dienone is 11. The van der Waals surface area contributed by atoms with Gasteiger partial charge in [-0.2, -0.15) is 0 Å². The number of rotatable bonds is 56. The third-order valence-corrected chi connectivity index (χ3v) is 16.6. The van der Waals surface area contributed by atoms with Crippen LogP contribution < -0.4 is 5.32 Å². The summed E-state index contributed by atoms with van der Waals surface area (Å²) in [5, 5.41) is 87.2. The number of aliphatic hydroxyl groups excluding tert-OH is 8. The molecule has 14 nitrogen and oxygen atoms in total. The van der Waals surface area contributed by atoms with Gasteiger partial charge in [-0.15, -0.1) is 0 Å². The molecule has 0 spiro atoms. The Morgan fingerprint density at radius 3 is 1.24 bits per heavy atom. The average Bonchev–Trinajstić information content (AvgIpc) is 3.70. The monoisotopic (exact) mass is 1200 g/mol. The summed E-state index contributed by atoms with van der Waals surface area (Å²) in [5.74, 6) is -0.252. The molecule has 0 aromatic carbocycles. The van der Waals surface area contributed by atoms with Gasteiger partial charge in [0.15, 0.2) is 12.6 Å². The lowest BCUT2D eigenvalue weighted by Crippen LogP contribution is -2.65. The summed E-state index contributed by atoms with van der Waals surface area (Å²) in [4.78, 5) is 13.3. The number of nitrogens with one attached hydrogen (secondary N) is 1. The number of amides is 1. The van der Waals surface area contributed by atoms with Crippen molar-refractivity contribution in [1.29, 1.82) is 0 Å². The lowest BCUT2D eigenvalue weighted by molar-refractivity contribution is -0.359. The fourth-order valence-electron chi connectivity index (χ4n) is 11.0. The number of hydrogen-bond donors (Lipinski definition) is 9. The SMILES string of the molecule is CCCCCCC/C=C\C/C=C\C/C=C\CCCCCCCCCCCCCCCCCCCCCCC(=O)NC(COC1OC(CO)C(OC2OC(CO)C(O)C(O)C2O)C(O)C1O)C(O)/C=C/CC/C=C/CC/C=C/CCCCCCCC. The van der Waals surface area contributed by atoms with Crippen LogP contribution in [0.2, 0.25) is 0 Å². The second kappa shape index (κ2) is 55.5. The van der Waals surface area contributed by atoms with E-state index in [4.69, 9.17) is 18.9 Å². The molecule has 0 radical (unpaired) electrons. The summed E-state index contributed by atoms with van der Waals surface area (Å²) in [5.41, 5.74) is 0. The number of carbonyl (C=O) groups is 1. The smallest absolute Gasteiger partial charge is 0.220 e. The van der Waals surface area contributed by atoms with Crippen LogP contribution in [0.4, 0.5) is 0 Å². The molecule has 2 rings (SSSR count). The Bertz CT molecular complexity index is 1700. The summed E-state index contributed by atoms with van der Waals surface area (Å²) in [7, 11) is 0. The first kappa shape index (κ1) is 78.5. The highest BCUT2D eigenvalue weighted by molar-refractivity contribution is 5.76. The number of hydrogen-bond acceptors (Lipinski definition) is 13. The predicted molar refractivity (Wildman–Crippen MR) is 346 cm³/mol. The van der Waals surface area contributed by atoms with Gasteiger partial charge in [-0.1, -0.05) is 260 Å². The summed E-state index contributed by atoms with van der Waals surface area (Å²) in [6.45, 7) is 2.76. The third kappa shape index (κ3) is 39.9. The van der Waals surface area contributed by atoms with Crippen LogP contribution in [-0.4, -0.2) is 140 Å². The van der Waals surface area contributed by atoms with Crippen molar-refractivity contribution in [2.75, 3.05) is 19.8 Å². The van der Waals surface area contributed by atoms with E-state index in [1.54, 1.807) is 6.08 Å². The van der Waals surface area contributed by atoms with Crippen molar-refractivity contribution in [3.8, 4) is 0 Å². The van der Waals surface area contributed by atoms with Gasteiger partial charge in [0, 0.05) is 6.42 Å². The number of unbranched alkanes of at least 4 members (excludes halogenated alkanes) is 33. The summed E-state index contributed by atoms with van der Waals surface area (Å²) in [6.07, 6.45) is 58.3. The lowest BCUT2D eigenvalue weighted by atomic mass is 9.97. The molecule has 2 fully saturated rings. The Hall–Kier alpha value is -2.57. The Balaban J connectivity index is 1.63. The molecule has 2 saturated heterocycles. The normalized spacial score (nSPS) is 24.0. The van der Waals surface area contributed by atoms with Crippen molar-refractivity contribution in [3.05, 3.63) is 72.9 Å². The molecule has 494 valence electrons. The van der Waals surface area contributed by atoms with Crippen LogP contribution in [0.25, 0.3) is 0 Å². The van der Waals surface area contributed by atoms with Gasteiger partial charge < -0.3 is 65.1 Å². The van der Waals surface area contributed by atoms with E-state index in [9.17, 15) is 45.6 Å². The van der Waals surface area contributed by atoms with Crippen molar-refractivity contribution >= 4 is 5.91 Å². The van der Waals surface area contributed by atoms with E-state index in [0.717, 1.165) is 57.8 Å². The third-order valence-electron chi connectivity index (χ3n) is 16.6. The number of ether oxygens (including phenoxy) is 4. The van der Waals surface area contributed by atoms with Gasteiger partial charge in [-0.3, -0.25) is 4.79 Å². The minimum atomic E-state index is -1.79. The first-order valence-corrected chi connectivity index (χ1v) is 34.7. The Kier molecular flexibility index (Phi) is 51.3. The van der Waals surface area contributed by atoms with Crippen LogP contribution in [0, 0.1) is 0 Å². The molecule has 12 unspecified atom stereocenters. The molecule has 0 aliphatic carbocycles. The van der Waals surface area contributed by atoms with E-state index >= 15 is 0 Å². The molecule has 85 heavy (non-hydrogen) atoms. The van der Waals surface area contributed by atoms with Crippen molar-refractivity contribution in [3.63, 3.8) is 0 Å². The predicted octanol–water partition coefficient (Wildman–Crippen LogP) is 13.8. The van der Waals surface area contributed by atoms with Crippen LogP contribution in [0.5, 0.6) is 0 Å². The average molecular weight is 1200 g/mol. The highest BCUT2D eigenvalue weighted by atomic mass is 16.7. The first-order valence-electron chi connectivity index (χ1n) is 34.7. The van der Waals surface area contributed by atoms with Gasteiger partial charge in [0.2, 0.25) is 5.91 Å². The van der Waals surface area contributed by atoms with E-state index in [1.807, 2.05) is 6.08 Å². The topological polar surface area (TPSA) is 228 Å². The fraction of sp³-hybridized carbons (Fsp3) is 0.817. The first-order chi connectivity index (χ1) is 41.6. The fourth-order valence-corrected chi connectivity index (χ4v) is 11.0. The van der Waals surface area contributed by atoms with E-state index in [0.29, 0.717) is 12.8 Å². The number of aliphatic hydroxyl groups is 8. The highest BCUT2D eigenvalue weighted by Crippen LogP contribution is 2.30. The van der Waals surface area contributed by atoms with Crippen molar-refractivity contribution in [2.24, 2.45) is 0 Å². The van der Waals surface area contributed by atoms with Crippen LogP contribution in [-0.2, 0) is 23.7 Å². The zero-order valence-electron chi connectivity index (χ0n) is 53.6. The van der Waals surface area contributed by atoms with Crippen molar-refractivity contribution < 1.29 is 64.6 Å². The van der Waals surface area contributed by atoms with Gasteiger partial charge in [0.1, 0.15) is 48.8 Å². The van der Waals surface area contributed by atoms with Crippen molar-refractivity contribution in [2.45, 2.75) is 351 Å². The van der Waals surface area contributed by atoms with Crippen molar-refractivity contribution in [1.82, 2.24) is 5.32 Å². The zero-order valence-corrected chi connectivity index (χ0v) is 53.6. The maximum atomic E-state index is 13.3. The summed E-state index contributed by atoms with van der Waals surface area (Å²) < 4.78 is 22.8. The van der Waals surface area contributed by atoms with Gasteiger partial charge in [-0.05, 0) is 83.5 Å². The summed E-state index contributed by atoms with van der Waals surface area (Å²) >= 11 is 0. The quantitative estimate of drug-likeness (QED) is 0.0204. The number of carbonyl (C=O) groups excluding carboxylic acids is 1. The Labute approximate surface area is 517 Å². The van der Waals surface area contributed by atoms with Crippen LogP contribution in [0.1, 0.15) is 277 Å². The largest absolute Gasteiger partial charge is 0.394 e. The minimum absolute atomic E-state index is 0.252. The lowest BCUT2D eigenvalue weighted by Gasteiger charge is -2.46. The molecular formula is C71H127NO13. The van der Waals surface area contributed by atoms with Crippen LogP contribution in [0.15, 0.2) is 72.9 Å². The van der Waals surface area contributed by atoms with Gasteiger partial charge in [-0.25, -0.2) is 0 Å². The van der Waals surface area contributed by atoms with Gasteiger partial charge >= 0.3 is 0 Å². The molecule has 0 saturated carbocycles. The maximum Gasteiger partial charge on any atom is 0.220 e. The summed E-state index contributed by atoms with van der Waals surface area (Å²) in [6, 6.07) is -0.940. The van der Waals surface area contributed by atoms with Crippen LogP contribution >= 0.6 is 0 Å². The highest BCUT2D eigenvalue weighted by Gasteiger charge is 2.51. The molecular weight excluding hydrogens is 1070 g/mol. The molecule has 2 heterocycles.